The highest BCUT2D eigenvalue weighted by molar-refractivity contribution is 7.13. The van der Waals surface area contributed by atoms with Crippen molar-refractivity contribution in [2.75, 3.05) is 23.3 Å². The lowest BCUT2D eigenvalue weighted by Gasteiger charge is -2.20. The normalized spacial score (nSPS) is 14.0. The maximum atomic E-state index is 12.7. The van der Waals surface area contributed by atoms with Gasteiger partial charge >= 0.3 is 6.36 Å². The van der Waals surface area contributed by atoms with E-state index in [0.717, 1.165) is 54.3 Å². The molecule has 1 fully saturated rings. The number of amides is 1. The number of carbonyl (C=O) groups is 1. The molecule has 0 aliphatic carbocycles. The van der Waals surface area contributed by atoms with Crippen LogP contribution in [-0.4, -0.2) is 35.3 Å². The summed E-state index contributed by atoms with van der Waals surface area (Å²) in [4.78, 5) is 24.4. The molecule has 3 heterocycles. The molecule has 1 amide bonds. The van der Waals surface area contributed by atoms with Crippen molar-refractivity contribution in [2.24, 2.45) is 0 Å². The molecule has 4 rings (SSSR count). The molecule has 0 radical (unpaired) electrons. The molecule has 1 N–H and O–H groups in total. The first-order valence-electron chi connectivity index (χ1n) is 9.20. The third kappa shape index (κ3) is 4.70. The van der Waals surface area contributed by atoms with Gasteiger partial charge in [-0.05, 0) is 43.2 Å². The molecule has 0 unspecified atom stereocenters. The fraction of sp³-hybridized carbons (Fsp3) is 0.250. The Morgan fingerprint density at radius 2 is 1.87 bits per heavy atom. The van der Waals surface area contributed by atoms with Gasteiger partial charge in [-0.2, -0.15) is 0 Å². The number of hydrogen-bond donors (Lipinski definition) is 1. The maximum Gasteiger partial charge on any atom is 0.573 e. The molecule has 0 spiro atoms. The Bertz CT molecular complexity index is 1020. The van der Waals surface area contributed by atoms with Gasteiger partial charge in [0.05, 0.1) is 16.0 Å². The van der Waals surface area contributed by atoms with Crippen LogP contribution in [0.4, 0.5) is 24.7 Å². The van der Waals surface area contributed by atoms with Crippen molar-refractivity contribution in [3.05, 3.63) is 53.8 Å². The molecule has 1 aromatic carbocycles. The third-order valence-electron chi connectivity index (χ3n) is 4.58. The minimum atomic E-state index is -4.76. The van der Waals surface area contributed by atoms with Gasteiger partial charge in [-0.3, -0.25) is 9.78 Å². The van der Waals surface area contributed by atoms with Gasteiger partial charge < -0.3 is 15.0 Å². The number of nitrogens with zero attached hydrogens (tertiary/aromatic N) is 3. The molecule has 1 saturated heterocycles. The number of alkyl halides is 3. The van der Waals surface area contributed by atoms with E-state index in [1.54, 1.807) is 17.8 Å². The number of benzene rings is 1. The summed E-state index contributed by atoms with van der Waals surface area (Å²) < 4.78 is 40.6. The molecule has 30 heavy (non-hydrogen) atoms. The number of nitrogens with one attached hydrogen (secondary N) is 1. The number of thiazole rings is 1. The molecule has 2 aromatic heterocycles. The quantitative estimate of drug-likeness (QED) is 0.615. The zero-order valence-corrected chi connectivity index (χ0v) is 16.5. The molecule has 0 atom stereocenters. The molecule has 6 nitrogen and oxygen atoms in total. The smallest absolute Gasteiger partial charge is 0.406 e. The number of halogens is 3. The highest BCUT2D eigenvalue weighted by Crippen LogP contribution is 2.34. The van der Waals surface area contributed by atoms with Crippen LogP contribution in [-0.2, 0) is 0 Å². The molecule has 3 aromatic rings. The van der Waals surface area contributed by atoms with Crippen LogP contribution >= 0.6 is 11.3 Å². The van der Waals surface area contributed by atoms with E-state index >= 15 is 0 Å². The number of aromatic nitrogens is 2. The van der Waals surface area contributed by atoms with Crippen LogP contribution in [0.3, 0.4) is 0 Å². The standard InChI is InChI=1S/C20H17F3N4O2S/c21-20(22,23)29-15-5-3-14(4-6-15)26-19(28)13-9-16(17-11-24-12-30-17)18(25-10-13)27-7-1-2-8-27/h3-6,9-12H,1-2,7-8H2,(H,26,28). The number of pyridine rings is 1. The molecular formula is C20H17F3N4O2S. The summed E-state index contributed by atoms with van der Waals surface area (Å²) in [5.74, 6) is 0.0530. The van der Waals surface area contributed by atoms with Gasteiger partial charge in [0, 0.05) is 36.7 Å². The van der Waals surface area contributed by atoms with Crippen molar-refractivity contribution in [2.45, 2.75) is 19.2 Å². The fourth-order valence-corrected chi connectivity index (χ4v) is 3.87. The molecule has 0 saturated carbocycles. The highest BCUT2D eigenvalue weighted by Gasteiger charge is 2.31. The van der Waals surface area contributed by atoms with E-state index in [4.69, 9.17) is 0 Å². The van der Waals surface area contributed by atoms with Crippen LogP contribution in [0.5, 0.6) is 5.75 Å². The van der Waals surface area contributed by atoms with Crippen LogP contribution in [0.25, 0.3) is 10.4 Å². The molecule has 0 bridgehead atoms. The summed E-state index contributed by atoms with van der Waals surface area (Å²) in [5.41, 5.74) is 3.25. The minimum Gasteiger partial charge on any atom is -0.406 e. The van der Waals surface area contributed by atoms with Crippen LogP contribution in [0.1, 0.15) is 23.2 Å². The van der Waals surface area contributed by atoms with Gasteiger partial charge in [-0.15, -0.1) is 24.5 Å². The molecule has 1 aliphatic heterocycles. The van der Waals surface area contributed by atoms with E-state index in [9.17, 15) is 18.0 Å². The Balaban J connectivity index is 1.55. The lowest BCUT2D eigenvalue weighted by molar-refractivity contribution is -0.274. The third-order valence-corrected chi connectivity index (χ3v) is 5.38. The van der Waals surface area contributed by atoms with Crippen molar-refractivity contribution in [1.29, 1.82) is 0 Å². The first-order chi connectivity index (χ1) is 14.4. The lowest BCUT2D eigenvalue weighted by atomic mass is 10.1. The predicted molar refractivity (Wildman–Crippen MR) is 108 cm³/mol. The van der Waals surface area contributed by atoms with Crippen molar-refractivity contribution in [3.8, 4) is 16.2 Å². The van der Waals surface area contributed by atoms with E-state index in [-0.39, 0.29) is 5.75 Å². The summed E-state index contributed by atoms with van der Waals surface area (Å²) >= 11 is 1.46. The largest absolute Gasteiger partial charge is 0.573 e. The first kappa shape index (κ1) is 20.1. The summed E-state index contributed by atoms with van der Waals surface area (Å²) in [6.07, 6.45) is 0.678. The Labute approximate surface area is 174 Å². The molecular weight excluding hydrogens is 417 g/mol. The highest BCUT2D eigenvalue weighted by atomic mass is 32.1. The zero-order chi connectivity index (χ0) is 21.1. The number of rotatable bonds is 5. The minimum absolute atomic E-state index is 0.344. The second kappa shape index (κ2) is 8.31. The van der Waals surface area contributed by atoms with Crippen LogP contribution in [0.2, 0.25) is 0 Å². The average Bonchev–Trinajstić information content (AvgIpc) is 3.42. The summed E-state index contributed by atoms with van der Waals surface area (Å²) in [5, 5.41) is 2.67. The van der Waals surface area contributed by atoms with E-state index in [0.29, 0.717) is 11.3 Å². The van der Waals surface area contributed by atoms with Crippen molar-refractivity contribution < 1.29 is 22.7 Å². The Hall–Kier alpha value is -3.14. The number of carbonyl (C=O) groups excluding carboxylic acids is 1. The van der Waals surface area contributed by atoms with E-state index < -0.39 is 12.3 Å². The van der Waals surface area contributed by atoms with Crippen molar-refractivity contribution in [1.82, 2.24) is 9.97 Å². The lowest BCUT2D eigenvalue weighted by Crippen LogP contribution is -2.21. The Kier molecular flexibility index (Phi) is 5.58. The second-order valence-electron chi connectivity index (χ2n) is 6.68. The SMILES string of the molecule is O=C(Nc1ccc(OC(F)(F)F)cc1)c1cnc(N2CCCC2)c(-c2cncs2)c1. The number of anilines is 2. The molecule has 1 aliphatic rings. The van der Waals surface area contributed by atoms with Crippen LogP contribution < -0.4 is 15.0 Å². The van der Waals surface area contributed by atoms with Crippen molar-refractivity contribution >= 4 is 28.7 Å². The van der Waals surface area contributed by atoms with Crippen molar-refractivity contribution in [3.63, 3.8) is 0 Å². The van der Waals surface area contributed by atoms with Crippen LogP contribution in [0.15, 0.2) is 48.2 Å². The monoisotopic (exact) mass is 434 g/mol. The molecule has 10 heteroatoms. The van der Waals surface area contributed by atoms with Crippen LogP contribution in [0, 0.1) is 0 Å². The average molecular weight is 434 g/mol. The maximum absolute atomic E-state index is 12.7. The van der Waals surface area contributed by atoms with E-state index in [1.807, 2.05) is 0 Å². The Morgan fingerprint density at radius 3 is 2.50 bits per heavy atom. The first-order valence-corrected chi connectivity index (χ1v) is 10.1. The van der Waals surface area contributed by atoms with Gasteiger partial charge in [0.1, 0.15) is 11.6 Å². The fourth-order valence-electron chi connectivity index (χ4n) is 3.24. The number of hydrogen-bond acceptors (Lipinski definition) is 6. The van der Waals surface area contributed by atoms with Gasteiger partial charge in [0.2, 0.25) is 0 Å². The summed E-state index contributed by atoms with van der Waals surface area (Å²) in [7, 11) is 0. The topological polar surface area (TPSA) is 67.3 Å². The predicted octanol–water partition coefficient (Wildman–Crippen LogP) is 4.96. The van der Waals surface area contributed by atoms with Gasteiger partial charge in [0.15, 0.2) is 0 Å². The van der Waals surface area contributed by atoms with Gasteiger partial charge in [-0.1, -0.05) is 0 Å². The van der Waals surface area contributed by atoms with Gasteiger partial charge in [0.25, 0.3) is 5.91 Å². The van der Waals surface area contributed by atoms with E-state index in [1.165, 1.54) is 29.7 Å². The second-order valence-corrected chi connectivity index (χ2v) is 7.57. The number of ether oxygens (including phenoxy) is 1. The molecule has 156 valence electrons. The van der Waals surface area contributed by atoms with E-state index in [2.05, 4.69) is 24.9 Å². The zero-order valence-electron chi connectivity index (χ0n) is 15.6. The summed E-state index contributed by atoms with van der Waals surface area (Å²) in [6, 6.07) is 6.73. The Morgan fingerprint density at radius 1 is 1.13 bits per heavy atom. The van der Waals surface area contributed by atoms with Gasteiger partial charge in [-0.25, -0.2) is 4.98 Å². The summed E-state index contributed by atoms with van der Waals surface area (Å²) in [6.45, 7) is 1.83.